The van der Waals surface area contributed by atoms with Gasteiger partial charge in [0.25, 0.3) is 6.47 Å². The van der Waals surface area contributed by atoms with Crippen molar-refractivity contribution < 1.29 is 19.1 Å². The van der Waals surface area contributed by atoms with E-state index in [2.05, 4.69) is 17.6 Å². The Morgan fingerprint density at radius 1 is 1.10 bits per heavy atom. The lowest BCUT2D eigenvalue weighted by Crippen LogP contribution is -2.57. The second-order valence-corrected chi connectivity index (χ2v) is 6.23. The first-order chi connectivity index (χ1) is 10.1. The van der Waals surface area contributed by atoms with Crippen molar-refractivity contribution in [2.75, 3.05) is 7.05 Å². The maximum Gasteiger partial charge on any atom is 0.293 e. The topological polar surface area (TPSA) is 84.5 Å². The molecule has 0 radical (unpaired) electrons. The first-order valence-electron chi connectivity index (χ1n) is 7.67. The maximum atomic E-state index is 12.3. The van der Waals surface area contributed by atoms with Gasteiger partial charge in [-0.2, -0.15) is 0 Å². The highest BCUT2D eigenvalue weighted by molar-refractivity contribution is 5.87. The Hall–Kier alpha value is -1.59. The number of rotatable bonds is 5. The summed E-state index contributed by atoms with van der Waals surface area (Å²) in [5.74, 6) is -0.372. The van der Waals surface area contributed by atoms with Crippen LogP contribution in [0.2, 0.25) is 0 Å². The minimum absolute atomic E-state index is 0.0958. The summed E-state index contributed by atoms with van der Waals surface area (Å²) in [7, 11) is 1.54. The first kappa shape index (κ1) is 15.8. The number of carbonyl (C=O) groups excluding carboxylic acids is 3. The summed E-state index contributed by atoms with van der Waals surface area (Å²) in [6.07, 6.45) is 4.06. The van der Waals surface area contributed by atoms with Crippen LogP contribution in [0.4, 0.5) is 0 Å². The van der Waals surface area contributed by atoms with Crippen LogP contribution in [-0.4, -0.2) is 37.5 Å². The van der Waals surface area contributed by atoms with E-state index in [1.54, 1.807) is 0 Å². The van der Waals surface area contributed by atoms with Crippen LogP contribution in [0.1, 0.15) is 39.0 Å². The number of carbonyl (C=O) groups is 3. The molecule has 6 nitrogen and oxygen atoms in total. The monoisotopic (exact) mass is 296 g/mol. The standard InChI is InChI=1S/C15H24N2O4/c1-9-3-5-10(6-4-9)17-15(20)12-7-11(14(19)16-2)13(12)21-8-18/h8-13H,3-7H2,1-2H3,(H,16,19)(H,17,20). The fraction of sp³-hybridized carbons (Fsp3) is 0.800. The summed E-state index contributed by atoms with van der Waals surface area (Å²) in [4.78, 5) is 34.5. The van der Waals surface area contributed by atoms with Crippen LogP contribution < -0.4 is 10.6 Å². The molecule has 3 unspecified atom stereocenters. The maximum absolute atomic E-state index is 12.3. The van der Waals surface area contributed by atoms with Gasteiger partial charge in [-0.05, 0) is 38.0 Å². The summed E-state index contributed by atoms with van der Waals surface area (Å²) < 4.78 is 4.95. The van der Waals surface area contributed by atoms with E-state index < -0.39 is 17.9 Å². The molecule has 0 aromatic carbocycles. The zero-order chi connectivity index (χ0) is 15.4. The van der Waals surface area contributed by atoms with Gasteiger partial charge in [-0.3, -0.25) is 14.4 Å². The third kappa shape index (κ3) is 3.54. The van der Waals surface area contributed by atoms with Gasteiger partial charge in [0.2, 0.25) is 11.8 Å². The van der Waals surface area contributed by atoms with Gasteiger partial charge in [0.15, 0.2) is 0 Å². The minimum Gasteiger partial charge on any atom is -0.463 e. The van der Waals surface area contributed by atoms with Crippen molar-refractivity contribution in [1.29, 1.82) is 0 Å². The Bertz CT molecular complexity index is 404. The Morgan fingerprint density at radius 2 is 1.71 bits per heavy atom. The van der Waals surface area contributed by atoms with Gasteiger partial charge in [0.1, 0.15) is 6.10 Å². The Kier molecular flexibility index (Phi) is 5.20. The van der Waals surface area contributed by atoms with Gasteiger partial charge < -0.3 is 15.4 Å². The molecule has 3 atom stereocenters. The lowest BCUT2D eigenvalue weighted by Gasteiger charge is -2.41. The molecule has 2 saturated carbocycles. The van der Waals surface area contributed by atoms with Gasteiger partial charge >= 0.3 is 0 Å². The van der Waals surface area contributed by atoms with E-state index in [4.69, 9.17) is 4.74 Å². The first-order valence-corrected chi connectivity index (χ1v) is 7.67. The van der Waals surface area contributed by atoms with E-state index in [-0.39, 0.29) is 17.9 Å². The van der Waals surface area contributed by atoms with E-state index >= 15 is 0 Å². The lowest BCUT2D eigenvalue weighted by atomic mass is 9.70. The zero-order valence-electron chi connectivity index (χ0n) is 12.6. The largest absolute Gasteiger partial charge is 0.463 e. The highest BCUT2D eigenvalue weighted by Crippen LogP contribution is 2.37. The Morgan fingerprint density at radius 3 is 2.29 bits per heavy atom. The molecule has 0 aliphatic heterocycles. The second-order valence-electron chi connectivity index (χ2n) is 6.23. The van der Waals surface area contributed by atoms with E-state index in [0.717, 1.165) is 31.6 Å². The lowest BCUT2D eigenvalue weighted by molar-refractivity contribution is -0.163. The number of nitrogens with one attached hydrogen (secondary N) is 2. The highest BCUT2D eigenvalue weighted by Gasteiger charge is 2.50. The van der Waals surface area contributed by atoms with Crippen LogP contribution in [0, 0.1) is 17.8 Å². The molecule has 2 rings (SSSR count). The quantitative estimate of drug-likeness (QED) is 0.728. The normalized spacial score (nSPS) is 35.2. The zero-order valence-corrected chi connectivity index (χ0v) is 12.6. The van der Waals surface area contributed by atoms with E-state index in [0.29, 0.717) is 12.9 Å². The average molecular weight is 296 g/mol. The molecule has 0 heterocycles. The molecule has 21 heavy (non-hydrogen) atoms. The molecule has 2 amide bonds. The molecule has 2 fully saturated rings. The fourth-order valence-electron chi connectivity index (χ4n) is 3.29. The van der Waals surface area contributed by atoms with E-state index in [1.165, 1.54) is 7.05 Å². The number of hydrogen-bond acceptors (Lipinski definition) is 4. The van der Waals surface area contributed by atoms with Crippen LogP contribution in [-0.2, 0) is 19.1 Å². The van der Waals surface area contributed by atoms with Crippen LogP contribution in [0.25, 0.3) is 0 Å². The fourth-order valence-corrected chi connectivity index (χ4v) is 3.29. The summed E-state index contributed by atoms with van der Waals surface area (Å²) in [6.45, 7) is 2.55. The third-order valence-electron chi connectivity index (χ3n) is 4.80. The van der Waals surface area contributed by atoms with Gasteiger partial charge in [-0.25, -0.2) is 0 Å². The molecule has 2 aliphatic rings. The molecule has 118 valence electrons. The third-order valence-corrected chi connectivity index (χ3v) is 4.80. The van der Waals surface area contributed by atoms with Gasteiger partial charge in [-0.15, -0.1) is 0 Å². The Balaban J connectivity index is 1.87. The van der Waals surface area contributed by atoms with Crippen molar-refractivity contribution in [3.8, 4) is 0 Å². The average Bonchev–Trinajstić information content (AvgIpc) is 2.46. The minimum atomic E-state index is -0.634. The summed E-state index contributed by atoms with van der Waals surface area (Å²) in [5, 5.41) is 5.58. The second kappa shape index (κ2) is 6.91. The molecule has 0 saturated heterocycles. The van der Waals surface area contributed by atoms with Crippen LogP contribution in [0.15, 0.2) is 0 Å². The molecule has 0 aromatic rings. The van der Waals surface area contributed by atoms with Crippen LogP contribution in [0.5, 0.6) is 0 Å². The van der Waals surface area contributed by atoms with E-state index in [9.17, 15) is 14.4 Å². The van der Waals surface area contributed by atoms with E-state index in [1.807, 2.05) is 0 Å². The highest BCUT2D eigenvalue weighted by atomic mass is 16.5. The summed E-state index contributed by atoms with van der Waals surface area (Å²) in [5.41, 5.74) is 0. The van der Waals surface area contributed by atoms with Crippen LogP contribution >= 0.6 is 0 Å². The van der Waals surface area contributed by atoms with Gasteiger partial charge in [0, 0.05) is 13.1 Å². The molecular formula is C15H24N2O4. The summed E-state index contributed by atoms with van der Waals surface area (Å²) >= 11 is 0. The van der Waals surface area contributed by atoms with Crippen molar-refractivity contribution in [2.45, 2.75) is 51.2 Å². The van der Waals surface area contributed by atoms with Gasteiger partial charge in [0.05, 0.1) is 11.8 Å². The molecule has 0 spiro atoms. The number of ether oxygens (including phenoxy) is 1. The Labute approximate surface area is 125 Å². The number of amides is 2. The van der Waals surface area contributed by atoms with Crippen molar-refractivity contribution in [3.63, 3.8) is 0 Å². The van der Waals surface area contributed by atoms with Crippen molar-refractivity contribution in [2.24, 2.45) is 17.8 Å². The molecule has 0 aromatic heterocycles. The molecule has 2 aliphatic carbocycles. The van der Waals surface area contributed by atoms with Crippen molar-refractivity contribution in [3.05, 3.63) is 0 Å². The predicted molar refractivity (Wildman–Crippen MR) is 76.2 cm³/mol. The predicted octanol–water partition coefficient (Wildman–Crippen LogP) is 0.605. The SMILES string of the molecule is CNC(=O)C1CC(C(=O)NC2CCC(C)CC2)C1OC=O. The summed E-state index contributed by atoms with van der Waals surface area (Å²) in [6, 6.07) is 0.213. The van der Waals surface area contributed by atoms with Gasteiger partial charge in [-0.1, -0.05) is 6.92 Å². The smallest absolute Gasteiger partial charge is 0.293 e. The number of hydrogen-bond donors (Lipinski definition) is 2. The molecule has 0 bridgehead atoms. The molecule has 2 N–H and O–H groups in total. The van der Waals surface area contributed by atoms with Crippen molar-refractivity contribution in [1.82, 2.24) is 10.6 Å². The van der Waals surface area contributed by atoms with Crippen molar-refractivity contribution >= 4 is 18.3 Å². The van der Waals surface area contributed by atoms with Crippen LogP contribution in [0.3, 0.4) is 0 Å². The molecule has 6 heteroatoms. The molecular weight excluding hydrogens is 272 g/mol.